The normalized spacial score (nSPS) is 20.2. The summed E-state index contributed by atoms with van der Waals surface area (Å²) in [6, 6.07) is 4.53. The average molecular weight is 514 g/mol. The Morgan fingerprint density at radius 1 is 1.14 bits per heavy atom. The van der Waals surface area contributed by atoms with Crippen LogP contribution in [0.5, 0.6) is 0 Å². The minimum Gasteiger partial charge on any atom is -0.443 e. The molecule has 2 saturated carbocycles. The van der Waals surface area contributed by atoms with Crippen molar-refractivity contribution in [1.29, 1.82) is 0 Å². The molecule has 10 heteroatoms. The Morgan fingerprint density at radius 2 is 1.84 bits per heavy atom. The van der Waals surface area contributed by atoms with Crippen molar-refractivity contribution >= 4 is 29.1 Å². The summed E-state index contributed by atoms with van der Waals surface area (Å²) < 4.78 is 35.7. The van der Waals surface area contributed by atoms with E-state index >= 15 is 0 Å². The van der Waals surface area contributed by atoms with Crippen molar-refractivity contribution in [3.05, 3.63) is 47.7 Å². The first-order valence-corrected chi connectivity index (χ1v) is 12.9. The fourth-order valence-corrected chi connectivity index (χ4v) is 4.87. The molecule has 2 aliphatic rings. The lowest BCUT2D eigenvalue weighted by atomic mass is 9.86. The van der Waals surface area contributed by atoms with Gasteiger partial charge in [0.05, 0.1) is 18.0 Å². The summed E-state index contributed by atoms with van der Waals surface area (Å²) in [4.78, 5) is 19.4. The van der Waals surface area contributed by atoms with Crippen LogP contribution < -0.4 is 10.2 Å². The van der Waals surface area contributed by atoms with E-state index in [2.05, 4.69) is 10.4 Å². The fourth-order valence-electron chi connectivity index (χ4n) is 4.87. The molecule has 3 aromatic rings. The van der Waals surface area contributed by atoms with Crippen LogP contribution >= 0.6 is 0 Å². The van der Waals surface area contributed by atoms with Gasteiger partial charge in [0.25, 0.3) is 0 Å². The molecule has 2 atom stereocenters. The standard InChI is InChI=1S/C27H33F2N5O3/c1-27(2,3)37-26(36)33(20-11-18(28)10-19(29)12-20)24-13-23(30-14-17-6-4-5-7-22(17)35)32-25-21(16-8-9-16)15-31-34(24)25/h10-13,15-17,22,35H,4-9,14H2,1-3H3,(H,30,32)/t17-,22+/m1/s1. The SMILES string of the molecule is CC(C)(C)OC(=O)N(c1cc(F)cc(F)c1)c1cc(NC[C@H]2CCCC[C@@H]2O)nc2c(C3CC3)cnn12. The van der Waals surface area contributed by atoms with E-state index in [1.165, 1.54) is 4.52 Å². The summed E-state index contributed by atoms with van der Waals surface area (Å²) in [5.41, 5.74) is 0.639. The van der Waals surface area contributed by atoms with Crippen LogP contribution in [-0.2, 0) is 4.74 Å². The van der Waals surface area contributed by atoms with Crippen LogP contribution in [0.25, 0.3) is 5.65 Å². The van der Waals surface area contributed by atoms with Gasteiger partial charge in [-0.05, 0) is 64.5 Å². The Kier molecular flexibility index (Phi) is 6.78. The number of aromatic nitrogens is 3. The van der Waals surface area contributed by atoms with Gasteiger partial charge in [-0.15, -0.1) is 0 Å². The lowest BCUT2D eigenvalue weighted by molar-refractivity contribution is 0.0597. The molecule has 37 heavy (non-hydrogen) atoms. The van der Waals surface area contributed by atoms with Crippen LogP contribution in [0.4, 0.5) is 30.9 Å². The zero-order valence-electron chi connectivity index (χ0n) is 21.4. The summed E-state index contributed by atoms with van der Waals surface area (Å²) in [5, 5.41) is 18.3. The molecule has 0 saturated heterocycles. The molecule has 0 unspecified atom stereocenters. The molecular weight excluding hydrogens is 480 g/mol. The van der Waals surface area contributed by atoms with Crippen molar-refractivity contribution in [1.82, 2.24) is 14.6 Å². The Labute approximate surface area is 214 Å². The third kappa shape index (κ3) is 5.69. The molecule has 0 spiro atoms. The Bertz CT molecular complexity index is 1280. The number of anilines is 3. The minimum atomic E-state index is -0.852. The monoisotopic (exact) mass is 513 g/mol. The van der Waals surface area contributed by atoms with E-state index < -0.39 is 23.3 Å². The smallest absolute Gasteiger partial charge is 0.420 e. The van der Waals surface area contributed by atoms with Gasteiger partial charge in [0.2, 0.25) is 0 Å². The second-order valence-corrected chi connectivity index (χ2v) is 11.0. The Morgan fingerprint density at radius 3 is 2.49 bits per heavy atom. The molecular formula is C27H33F2N5O3. The number of nitrogens with one attached hydrogen (secondary N) is 1. The number of hydrogen-bond donors (Lipinski definition) is 2. The van der Waals surface area contributed by atoms with Gasteiger partial charge in [-0.2, -0.15) is 9.61 Å². The highest BCUT2D eigenvalue weighted by molar-refractivity contribution is 5.96. The quantitative estimate of drug-likeness (QED) is 0.425. The molecule has 5 rings (SSSR count). The lowest BCUT2D eigenvalue weighted by Crippen LogP contribution is -2.35. The van der Waals surface area contributed by atoms with Crippen molar-refractivity contribution in [2.45, 2.75) is 76.9 Å². The van der Waals surface area contributed by atoms with Gasteiger partial charge in [-0.3, -0.25) is 0 Å². The van der Waals surface area contributed by atoms with E-state index in [1.807, 2.05) is 0 Å². The van der Waals surface area contributed by atoms with Gasteiger partial charge >= 0.3 is 6.09 Å². The number of benzene rings is 1. The Balaban J connectivity index is 1.61. The first-order valence-electron chi connectivity index (χ1n) is 12.9. The second kappa shape index (κ2) is 9.89. The van der Waals surface area contributed by atoms with Gasteiger partial charge in [-0.1, -0.05) is 12.8 Å². The van der Waals surface area contributed by atoms with Crippen molar-refractivity contribution in [2.24, 2.45) is 5.92 Å². The number of amides is 1. The third-order valence-electron chi connectivity index (χ3n) is 6.82. The predicted octanol–water partition coefficient (Wildman–Crippen LogP) is 5.92. The average Bonchev–Trinajstić information content (AvgIpc) is 3.55. The van der Waals surface area contributed by atoms with Crippen LogP contribution in [-0.4, -0.2) is 44.0 Å². The topological polar surface area (TPSA) is 92.0 Å². The van der Waals surface area contributed by atoms with Crippen LogP contribution in [0.15, 0.2) is 30.5 Å². The molecule has 8 nitrogen and oxygen atoms in total. The van der Waals surface area contributed by atoms with Gasteiger partial charge < -0.3 is 15.2 Å². The number of nitrogens with zero attached hydrogens (tertiary/aromatic N) is 4. The predicted molar refractivity (Wildman–Crippen MR) is 136 cm³/mol. The number of aliphatic hydroxyl groups is 1. The van der Waals surface area contributed by atoms with Crippen LogP contribution in [0.3, 0.4) is 0 Å². The van der Waals surface area contributed by atoms with E-state index in [0.717, 1.165) is 67.2 Å². The molecule has 2 fully saturated rings. The number of halogens is 2. The lowest BCUT2D eigenvalue weighted by Gasteiger charge is -2.29. The zero-order chi connectivity index (χ0) is 26.3. The third-order valence-corrected chi connectivity index (χ3v) is 6.82. The highest BCUT2D eigenvalue weighted by Gasteiger charge is 2.32. The second-order valence-electron chi connectivity index (χ2n) is 11.0. The number of hydrogen-bond acceptors (Lipinski definition) is 6. The Hall–Kier alpha value is -3.27. The molecule has 2 aliphatic carbocycles. The van der Waals surface area contributed by atoms with Gasteiger partial charge in [0, 0.05) is 30.2 Å². The van der Waals surface area contributed by atoms with E-state index in [4.69, 9.17) is 9.72 Å². The summed E-state index contributed by atoms with van der Waals surface area (Å²) in [6.07, 6.45) is 6.36. The molecule has 2 heterocycles. The largest absolute Gasteiger partial charge is 0.443 e. The number of carbonyl (C=O) groups excluding carboxylic acids is 1. The molecule has 2 N–H and O–H groups in total. The maximum Gasteiger partial charge on any atom is 0.420 e. The maximum atomic E-state index is 14.3. The van der Waals surface area contributed by atoms with Crippen molar-refractivity contribution < 1.29 is 23.4 Å². The van der Waals surface area contributed by atoms with E-state index in [0.29, 0.717) is 23.9 Å². The highest BCUT2D eigenvalue weighted by atomic mass is 19.1. The first kappa shape index (κ1) is 25.4. The summed E-state index contributed by atoms with van der Waals surface area (Å²) in [6.45, 7) is 5.68. The maximum absolute atomic E-state index is 14.3. The summed E-state index contributed by atoms with van der Waals surface area (Å²) in [7, 11) is 0. The molecule has 1 aromatic carbocycles. The van der Waals surface area contributed by atoms with Crippen LogP contribution in [0, 0.1) is 17.6 Å². The summed E-state index contributed by atoms with van der Waals surface area (Å²) in [5.74, 6) is -0.511. The van der Waals surface area contributed by atoms with E-state index in [1.54, 1.807) is 33.0 Å². The molecule has 0 radical (unpaired) electrons. The zero-order valence-corrected chi connectivity index (χ0v) is 21.4. The number of aliphatic hydroxyl groups excluding tert-OH is 1. The highest BCUT2D eigenvalue weighted by Crippen LogP contribution is 2.43. The van der Waals surface area contributed by atoms with Gasteiger partial charge in [0.1, 0.15) is 28.9 Å². The van der Waals surface area contributed by atoms with Crippen LogP contribution in [0.1, 0.15) is 70.8 Å². The van der Waals surface area contributed by atoms with Crippen molar-refractivity contribution in [2.75, 3.05) is 16.8 Å². The summed E-state index contributed by atoms with van der Waals surface area (Å²) >= 11 is 0. The molecule has 2 aromatic heterocycles. The molecule has 0 bridgehead atoms. The van der Waals surface area contributed by atoms with Crippen molar-refractivity contribution in [3.63, 3.8) is 0 Å². The van der Waals surface area contributed by atoms with E-state index in [-0.39, 0.29) is 23.5 Å². The molecule has 0 aliphatic heterocycles. The first-order chi connectivity index (χ1) is 17.6. The minimum absolute atomic E-state index is 0.0311. The van der Waals surface area contributed by atoms with Crippen molar-refractivity contribution in [3.8, 4) is 0 Å². The number of fused-ring (bicyclic) bond motifs is 1. The number of ether oxygens (including phenoxy) is 1. The molecule has 1 amide bonds. The molecule has 198 valence electrons. The fraction of sp³-hybridized carbons (Fsp3) is 0.519. The van der Waals surface area contributed by atoms with E-state index in [9.17, 15) is 18.7 Å². The number of carbonyl (C=O) groups is 1. The van der Waals surface area contributed by atoms with Gasteiger partial charge in [-0.25, -0.2) is 23.5 Å². The van der Waals surface area contributed by atoms with Crippen LogP contribution in [0.2, 0.25) is 0 Å². The number of rotatable bonds is 6. The van der Waals surface area contributed by atoms with Gasteiger partial charge in [0.15, 0.2) is 5.65 Å².